The van der Waals surface area contributed by atoms with E-state index in [1.165, 1.54) is 16.8 Å². The van der Waals surface area contributed by atoms with Crippen molar-refractivity contribution in [3.63, 3.8) is 0 Å². The number of benzene rings is 2. The van der Waals surface area contributed by atoms with E-state index in [0.717, 1.165) is 38.5 Å². The van der Waals surface area contributed by atoms with Gasteiger partial charge in [0.05, 0.1) is 0 Å². The zero-order valence-electron chi connectivity index (χ0n) is 16.3. The molecular weight excluding hydrogens is 338 g/mol. The number of hydrogen-bond donors (Lipinski definition) is 1. The summed E-state index contributed by atoms with van der Waals surface area (Å²) in [6, 6.07) is 16.4. The average Bonchev–Trinajstić information content (AvgIpc) is 2.70. The van der Waals surface area contributed by atoms with E-state index >= 15 is 0 Å². The summed E-state index contributed by atoms with van der Waals surface area (Å²) in [5, 5.41) is 2.95. The van der Waals surface area contributed by atoms with Crippen LogP contribution in [0.3, 0.4) is 0 Å². The number of nitrogens with zero attached hydrogens (tertiary/aromatic N) is 2. The van der Waals surface area contributed by atoms with Crippen molar-refractivity contribution in [3.05, 3.63) is 59.7 Å². The lowest BCUT2D eigenvalue weighted by molar-refractivity contribution is -0.123. The molecule has 0 radical (unpaired) electrons. The molecular formula is C22H29N3O2. The van der Waals surface area contributed by atoms with Crippen LogP contribution >= 0.6 is 0 Å². The van der Waals surface area contributed by atoms with E-state index in [1.807, 2.05) is 31.2 Å². The van der Waals surface area contributed by atoms with Gasteiger partial charge in [-0.3, -0.25) is 9.69 Å². The summed E-state index contributed by atoms with van der Waals surface area (Å²) in [4.78, 5) is 16.8. The maximum absolute atomic E-state index is 12.0. The number of piperazine rings is 1. The summed E-state index contributed by atoms with van der Waals surface area (Å²) < 4.78 is 5.58. The van der Waals surface area contributed by atoms with Crippen LogP contribution in [0, 0.1) is 13.8 Å². The topological polar surface area (TPSA) is 44.8 Å². The van der Waals surface area contributed by atoms with Crippen molar-refractivity contribution in [1.82, 2.24) is 10.2 Å². The summed E-state index contributed by atoms with van der Waals surface area (Å²) in [5.41, 5.74) is 3.68. The molecule has 0 bridgehead atoms. The maximum atomic E-state index is 12.0. The summed E-state index contributed by atoms with van der Waals surface area (Å²) in [6.45, 7) is 9.77. The van der Waals surface area contributed by atoms with Gasteiger partial charge in [-0.15, -0.1) is 0 Å². The molecule has 2 aromatic carbocycles. The highest BCUT2D eigenvalue weighted by molar-refractivity contribution is 5.77. The number of anilines is 1. The molecule has 1 heterocycles. The Hall–Kier alpha value is -2.53. The Morgan fingerprint density at radius 1 is 1.00 bits per heavy atom. The standard InChI is InChI=1S/C22H29N3O2/c1-18-8-9-21(16-19(18)2)27-17-22(26)23-10-11-24-12-14-25(15-13-24)20-6-4-3-5-7-20/h3-9,16H,10-15,17H2,1-2H3,(H,23,26). The van der Waals surface area contributed by atoms with E-state index in [4.69, 9.17) is 4.74 Å². The summed E-state index contributed by atoms with van der Waals surface area (Å²) in [5.74, 6) is 0.668. The van der Waals surface area contributed by atoms with Gasteiger partial charge in [-0.05, 0) is 49.2 Å². The second kappa shape index (κ2) is 9.42. The minimum Gasteiger partial charge on any atom is -0.484 e. The molecule has 1 aliphatic heterocycles. The molecule has 0 spiro atoms. The number of carbonyl (C=O) groups excluding carboxylic acids is 1. The highest BCUT2D eigenvalue weighted by Gasteiger charge is 2.16. The summed E-state index contributed by atoms with van der Waals surface area (Å²) in [7, 11) is 0. The second-order valence-electron chi connectivity index (χ2n) is 7.05. The number of hydrogen-bond acceptors (Lipinski definition) is 4. The van der Waals surface area contributed by atoms with Crippen LogP contribution < -0.4 is 15.0 Å². The van der Waals surface area contributed by atoms with Crippen LogP contribution in [0.1, 0.15) is 11.1 Å². The van der Waals surface area contributed by atoms with Gasteiger partial charge in [0, 0.05) is 45.0 Å². The van der Waals surface area contributed by atoms with Crippen LogP contribution in [-0.4, -0.2) is 56.7 Å². The van der Waals surface area contributed by atoms with Gasteiger partial charge in [-0.2, -0.15) is 0 Å². The largest absolute Gasteiger partial charge is 0.484 e. The highest BCUT2D eigenvalue weighted by Crippen LogP contribution is 2.16. The molecule has 5 heteroatoms. The maximum Gasteiger partial charge on any atom is 0.257 e. The zero-order valence-corrected chi connectivity index (χ0v) is 16.3. The van der Waals surface area contributed by atoms with Gasteiger partial charge >= 0.3 is 0 Å². The van der Waals surface area contributed by atoms with E-state index in [2.05, 4.69) is 46.3 Å². The van der Waals surface area contributed by atoms with E-state index in [9.17, 15) is 4.79 Å². The van der Waals surface area contributed by atoms with Crippen molar-refractivity contribution in [1.29, 1.82) is 0 Å². The van der Waals surface area contributed by atoms with Gasteiger partial charge in [-0.25, -0.2) is 0 Å². The SMILES string of the molecule is Cc1ccc(OCC(=O)NCCN2CCN(c3ccccc3)CC2)cc1C. The summed E-state index contributed by atoms with van der Waals surface area (Å²) in [6.07, 6.45) is 0. The molecule has 0 atom stereocenters. The Kier molecular flexibility index (Phi) is 6.71. The van der Waals surface area contributed by atoms with Crippen LogP contribution in [0.25, 0.3) is 0 Å². The van der Waals surface area contributed by atoms with Gasteiger partial charge in [-0.1, -0.05) is 24.3 Å². The predicted molar refractivity (Wildman–Crippen MR) is 110 cm³/mol. The van der Waals surface area contributed by atoms with Gasteiger partial charge < -0.3 is 15.0 Å². The number of nitrogens with one attached hydrogen (secondary N) is 1. The first-order chi connectivity index (χ1) is 13.1. The number of ether oxygens (including phenoxy) is 1. The van der Waals surface area contributed by atoms with Crippen molar-refractivity contribution in [2.45, 2.75) is 13.8 Å². The monoisotopic (exact) mass is 367 g/mol. The molecule has 1 N–H and O–H groups in total. The third-order valence-electron chi connectivity index (χ3n) is 5.09. The quantitative estimate of drug-likeness (QED) is 0.817. The van der Waals surface area contributed by atoms with E-state index in [0.29, 0.717) is 6.54 Å². The number of aryl methyl sites for hydroxylation is 2. The number of carbonyl (C=O) groups is 1. The minimum absolute atomic E-state index is 0.0598. The Morgan fingerprint density at radius 2 is 1.74 bits per heavy atom. The van der Waals surface area contributed by atoms with Crippen molar-refractivity contribution in [2.24, 2.45) is 0 Å². The third-order valence-corrected chi connectivity index (χ3v) is 5.09. The molecule has 1 fully saturated rings. The summed E-state index contributed by atoms with van der Waals surface area (Å²) >= 11 is 0. The first-order valence-electron chi connectivity index (χ1n) is 9.61. The first-order valence-corrected chi connectivity index (χ1v) is 9.61. The molecule has 144 valence electrons. The lowest BCUT2D eigenvalue weighted by atomic mass is 10.1. The molecule has 0 aliphatic carbocycles. The number of para-hydroxylation sites is 1. The van der Waals surface area contributed by atoms with Gasteiger partial charge in [0.15, 0.2) is 6.61 Å². The number of rotatable bonds is 7. The van der Waals surface area contributed by atoms with Crippen LogP contribution in [-0.2, 0) is 4.79 Å². The van der Waals surface area contributed by atoms with Crippen molar-refractivity contribution in [2.75, 3.05) is 50.8 Å². The van der Waals surface area contributed by atoms with Crippen molar-refractivity contribution >= 4 is 11.6 Å². The lowest BCUT2D eigenvalue weighted by Crippen LogP contribution is -2.48. The smallest absolute Gasteiger partial charge is 0.257 e. The fraction of sp³-hybridized carbons (Fsp3) is 0.409. The molecule has 0 aromatic heterocycles. The van der Waals surface area contributed by atoms with Crippen LogP contribution in [0.15, 0.2) is 48.5 Å². The van der Waals surface area contributed by atoms with Crippen molar-refractivity contribution < 1.29 is 9.53 Å². The first kappa shape index (κ1) is 19.2. The Balaban J connectivity index is 1.32. The van der Waals surface area contributed by atoms with E-state index in [-0.39, 0.29) is 12.5 Å². The number of amides is 1. The molecule has 0 unspecified atom stereocenters. The molecule has 27 heavy (non-hydrogen) atoms. The fourth-order valence-corrected chi connectivity index (χ4v) is 3.23. The normalized spacial score (nSPS) is 14.8. The van der Waals surface area contributed by atoms with Crippen LogP contribution in [0.2, 0.25) is 0 Å². The fourth-order valence-electron chi connectivity index (χ4n) is 3.23. The van der Waals surface area contributed by atoms with Gasteiger partial charge in [0.25, 0.3) is 5.91 Å². The molecule has 5 nitrogen and oxygen atoms in total. The van der Waals surface area contributed by atoms with Crippen molar-refractivity contribution in [3.8, 4) is 5.75 Å². The Labute approximate surface area is 161 Å². The molecule has 3 rings (SSSR count). The third kappa shape index (κ3) is 5.73. The van der Waals surface area contributed by atoms with E-state index < -0.39 is 0 Å². The zero-order chi connectivity index (χ0) is 19.1. The molecule has 2 aromatic rings. The van der Waals surface area contributed by atoms with Crippen LogP contribution in [0.5, 0.6) is 5.75 Å². The predicted octanol–water partition coefficient (Wildman–Crippen LogP) is 2.62. The van der Waals surface area contributed by atoms with Gasteiger partial charge in [0.2, 0.25) is 0 Å². The molecule has 1 aliphatic rings. The Morgan fingerprint density at radius 3 is 2.44 bits per heavy atom. The second-order valence-corrected chi connectivity index (χ2v) is 7.05. The Bertz CT molecular complexity index is 740. The van der Waals surface area contributed by atoms with Crippen LogP contribution in [0.4, 0.5) is 5.69 Å². The molecule has 1 amide bonds. The minimum atomic E-state index is -0.0730. The molecule has 1 saturated heterocycles. The highest BCUT2D eigenvalue weighted by atomic mass is 16.5. The average molecular weight is 367 g/mol. The lowest BCUT2D eigenvalue weighted by Gasteiger charge is -2.36. The van der Waals surface area contributed by atoms with Gasteiger partial charge in [0.1, 0.15) is 5.75 Å². The van der Waals surface area contributed by atoms with E-state index in [1.54, 1.807) is 0 Å². The molecule has 0 saturated carbocycles.